The van der Waals surface area contributed by atoms with Gasteiger partial charge in [-0.15, -0.1) is 0 Å². The number of aryl methyl sites for hydroxylation is 2. The zero-order chi connectivity index (χ0) is 12.8. The van der Waals surface area contributed by atoms with Gasteiger partial charge < -0.3 is 10.4 Å². The van der Waals surface area contributed by atoms with E-state index in [2.05, 4.69) is 37.3 Å². The first-order valence-electron chi connectivity index (χ1n) is 6.43. The minimum Gasteiger partial charge on any atom is -0.392 e. The largest absolute Gasteiger partial charge is 0.392 e. The molecule has 0 saturated carbocycles. The molecule has 1 heterocycles. The van der Waals surface area contributed by atoms with E-state index in [1.54, 1.807) is 0 Å². The Morgan fingerprint density at radius 2 is 2.18 bits per heavy atom. The third kappa shape index (κ3) is 4.88. The van der Waals surface area contributed by atoms with E-state index in [9.17, 15) is 5.11 Å². The van der Waals surface area contributed by atoms with E-state index in [0.29, 0.717) is 12.5 Å². The second-order valence-corrected chi connectivity index (χ2v) is 5.02. The van der Waals surface area contributed by atoms with Gasteiger partial charge in [0.2, 0.25) is 0 Å². The van der Waals surface area contributed by atoms with Crippen molar-refractivity contribution in [3.8, 4) is 0 Å². The summed E-state index contributed by atoms with van der Waals surface area (Å²) >= 11 is 0. The topological polar surface area (TPSA) is 50.1 Å². The lowest BCUT2D eigenvalue weighted by Crippen LogP contribution is -2.28. The average molecular weight is 239 g/mol. The fraction of sp³-hybridized carbons (Fsp3) is 0.769. The van der Waals surface area contributed by atoms with Crippen LogP contribution in [0.3, 0.4) is 0 Å². The summed E-state index contributed by atoms with van der Waals surface area (Å²) in [6.45, 7) is 7.76. The second kappa shape index (κ2) is 6.77. The minimum absolute atomic E-state index is 0.256. The molecule has 4 nitrogen and oxygen atoms in total. The monoisotopic (exact) mass is 239 g/mol. The van der Waals surface area contributed by atoms with Crippen LogP contribution in [-0.4, -0.2) is 27.5 Å². The molecular formula is C13H25N3O. The summed E-state index contributed by atoms with van der Waals surface area (Å²) in [4.78, 5) is 0. The third-order valence-corrected chi connectivity index (χ3v) is 2.82. The molecule has 0 spiro atoms. The number of aliphatic hydroxyl groups excluding tert-OH is 1. The van der Waals surface area contributed by atoms with Gasteiger partial charge in [0.15, 0.2) is 0 Å². The van der Waals surface area contributed by atoms with Gasteiger partial charge in [-0.3, -0.25) is 4.68 Å². The Labute approximate surface area is 104 Å². The van der Waals surface area contributed by atoms with Gasteiger partial charge in [-0.1, -0.05) is 20.8 Å². The average Bonchev–Trinajstić information content (AvgIpc) is 2.58. The molecule has 0 amide bonds. The van der Waals surface area contributed by atoms with Gasteiger partial charge in [0, 0.05) is 20.1 Å². The van der Waals surface area contributed by atoms with Crippen molar-refractivity contribution in [1.29, 1.82) is 0 Å². The highest BCUT2D eigenvalue weighted by Crippen LogP contribution is 2.05. The van der Waals surface area contributed by atoms with Crippen LogP contribution in [0.1, 0.15) is 38.6 Å². The molecule has 4 heteroatoms. The maximum absolute atomic E-state index is 9.73. The number of nitrogens with one attached hydrogen (secondary N) is 1. The van der Waals surface area contributed by atoms with E-state index in [1.807, 2.05) is 11.7 Å². The van der Waals surface area contributed by atoms with E-state index >= 15 is 0 Å². The van der Waals surface area contributed by atoms with Gasteiger partial charge in [-0.25, -0.2) is 0 Å². The zero-order valence-electron chi connectivity index (χ0n) is 11.4. The van der Waals surface area contributed by atoms with Gasteiger partial charge in [-0.2, -0.15) is 5.10 Å². The molecule has 98 valence electrons. The van der Waals surface area contributed by atoms with Crippen molar-refractivity contribution < 1.29 is 5.11 Å². The summed E-state index contributed by atoms with van der Waals surface area (Å²) in [6.07, 6.45) is 1.55. The molecule has 0 saturated heterocycles. The number of nitrogens with zero attached hydrogens (tertiary/aromatic N) is 2. The van der Waals surface area contributed by atoms with Crippen LogP contribution < -0.4 is 5.32 Å². The number of hydrogen-bond acceptors (Lipinski definition) is 3. The highest BCUT2D eigenvalue weighted by molar-refractivity contribution is 5.09. The van der Waals surface area contributed by atoms with E-state index in [1.165, 1.54) is 5.69 Å². The number of aliphatic hydroxyl groups is 1. The first-order valence-corrected chi connectivity index (χ1v) is 6.43. The van der Waals surface area contributed by atoms with Crippen molar-refractivity contribution in [2.45, 2.75) is 46.3 Å². The molecule has 2 N–H and O–H groups in total. The summed E-state index contributed by atoms with van der Waals surface area (Å²) in [6, 6.07) is 2.11. The lowest BCUT2D eigenvalue weighted by molar-refractivity contribution is 0.146. The molecular weight excluding hydrogens is 214 g/mol. The van der Waals surface area contributed by atoms with E-state index < -0.39 is 0 Å². The Morgan fingerprint density at radius 3 is 2.71 bits per heavy atom. The molecule has 0 bridgehead atoms. The Balaban J connectivity index is 2.32. The predicted octanol–water partition coefficient (Wildman–Crippen LogP) is 1.48. The lowest BCUT2D eigenvalue weighted by atomic mass is 10.1. The fourth-order valence-corrected chi connectivity index (χ4v) is 1.90. The van der Waals surface area contributed by atoms with Crippen LogP contribution in [0.2, 0.25) is 0 Å². The zero-order valence-corrected chi connectivity index (χ0v) is 11.4. The van der Waals surface area contributed by atoms with E-state index in [4.69, 9.17) is 0 Å². The van der Waals surface area contributed by atoms with E-state index in [0.717, 1.165) is 25.1 Å². The summed E-state index contributed by atoms with van der Waals surface area (Å²) in [7, 11) is 1.96. The van der Waals surface area contributed by atoms with Crippen molar-refractivity contribution in [2.24, 2.45) is 13.0 Å². The van der Waals surface area contributed by atoms with Crippen molar-refractivity contribution in [1.82, 2.24) is 15.1 Å². The number of rotatable bonds is 7. The lowest BCUT2D eigenvalue weighted by Gasteiger charge is -2.13. The van der Waals surface area contributed by atoms with Crippen LogP contribution in [0, 0.1) is 5.92 Å². The maximum atomic E-state index is 9.73. The van der Waals surface area contributed by atoms with Gasteiger partial charge in [-0.05, 0) is 24.8 Å². The molecule has 1 rings (SSSR count). The van der Waals surface area contributed by atoms with Crippen molar-refractivity contribution in [3.63, 3.8) is 0 Å². The molecule has 1 atom stereocenters. The molecule has 0 radical (unpaired) electrons. The van der Waals surface area contributed by atoms with Crippen molar-refractivity contribution in [3.05, 3.63) is 17.5 Å². The van der Waals surface area contributed by atoms with Crippen LogP contribution in [0.5, 0.6) is 0 Å². The van der Waals surface area contributed by atoms with Gasteiger partial charge >= 0.3 is 0 Å². The Morgan fingerprint density at radius 1 is 1.47 bits per heavy atom. The van der Waals surface area contributed by atoms with Crippen molar-refractivity contribution in [2.75, 3.05) is 6.54 Å². The van der Waals surface area contributed by atoms with Gasteiger partial charge in [0.1, 0.15) is 0 Å². The van der Waals surface area contributed by atoms with Gasteiger partial charge in [0.25, 0.3) is 0 Å². The normalized spacial score (nSPS) is 13.3. The third-order valence-electron chi connectivity index (χ3n) is 2.82. The maximum Gasteiger partial charge on any atom is 0.0667 e. The standard InChI is InChI=1S/C13H25N3O/c1-5-11-7-12(16(4)15-11)8-14-9-13(17)6-10(2)3/h7,10,13-14,17H,5-6,8-9H2,1-4H3. The minimum atomic E-state index is -0.256. The smallest absolute Gasteiger partial charge is 0.0667 e. The SMILES string of the molecule is CCc1cc(CNCC(O)CC(C)C)n(C)n1. The fourth-order valence-electron chi connectivity index (χ4n) is 1.90. The quantitative estimate of drug-likeness (QED) is 0.758. The van der Waals surface area contributed by atoms with Crippen LogP contribution in [0.15, 0.2) is 6.07 Å². The Bertz CT molecular complexity index is 333. The number of hydrogen-bond donors (Lipinski definition) is 2. The number of aromatic nitrogens is 2. The Hall–Kier alpha value is -0.870. The molecule has 0 aliphatic carbocycles. The molecule has 0 aliphatic heterocycles. The first-order chi connectivity index (χ1) is 8.02. The summed E-state index contributed by atoms with van der Waals surface area (Å²) < 4.78 is 1.90. The van der Waals surface area contributed by atoms with E-state index in [-0.39, 0.29) is 6.10 Å². The molecule has 1 unspecified atom stereocenters. The van der Waals surface area contributed by atoms with Crippen LogP contribution in [-0.2, 0) is 20.0 Å². The molecule has 0 aromatic carbocycles. The molecule has 0 aliphatic rings. The van der Waals surface area contributed by atoms with Crippen LogP contribution in [0.4, 0.5) is 0 Å². The molecule has 1 aromatic heterocycles. The van der Waals surface area contributed by atoms with Crippen LogP contribution >= 0.6 is 0 Å². The van der Waals surface area contributed by atoms with Crippen LogP contribution in [0.25, 0.3) is 0 Å². The first kappa shape index (κ1) is 14.2. The summed E-state index contributed by atoms with van der Waals surface area (Å²) in [5, 5.41) is 17.4. The highest BCUT2D eigenvalue weighted by atomic mass is 16.3. The predicted molar refractivity (Wildman–Crippen MR) is 69.8 cm³/mol. The Kier molecular flexibility index (Phi) is 5.65. The summed E-state index contributed by atoms with van der Waals surface area (Å²) in [5.74, 6) is 0.537. The molecule has 1 aromatic rings. The highest BCUT2D eigenvalue weighted by Gasteiger charge is 2.07. The second-order valence-electron chi connectivity index (χ2n) is 5.02. The molecule has 17 heavy (non-hydrogen) atoms. The van der Waals surface area contributed by atoms with Gasteiger partial charge in [0.05, 0.1) is 17.5 Å². The summed E-state index contributed by atoms with van der Waals surface area (Å²) in [5.41, 5.74) is 2.28. The van der Waals surface area contributed by atoms with Crippen molar-refractivity contribution >= 4 is 0 Å². The molecule has 0 fully saturated rings.